The molecule has 0 aliphatic heterocycles. The van der Waals surface area contributed by atoms with Crippen LogP contribution in [0.15, 0.2) is 30.8 Å². The number of carbonyl (C=O) groups excluding carboxylic acids is 1. The van der Waals surface area contributed by atoms with E-state index >= 15 is 0 Å². The molecule has 0 aliphatic rings. The van der Waals surface area contributed by atoms with Crippen LogP contribution in [-0.4, -0.2) is 25.6 Å². The van der Waals surface area contributed by atoms with Gasteiger partial charge in [-0.15, -0.1) is 0 Å². The minimum absolute atomic E-state index is 0.00428. The summed E-state index contributed by atoms with van der Waals surface area (Å²) in [6, 6.07) is 5.94. The highest BCUT2D eigenvalue weighted by atomic mass is 19.3. The Morgan fingerprint density at radius 3 is 2.36 bits per heavy atom. The van der Waals surface area contributed by atoms with Gasteiger partial charge in [0, 0.05) is 5.57 Å². The van der Waals surface area contributed by atoms with E-state index in [0.717, 1.165) is 19.3 Å². The van der Waals surface area contributed by atoms with Gasteiger partial charge in [-0.05, 0) is 24.1 Å². The maximum absolute atomic E-state index is 14.0. The molecule has 0 bridgehead atoms. The van der Waals surface area contributed by atoms with Crippen molar-refractivity contribution in [2.45, 2.75) is 38.5 Å². The third kappa shape index (κ3) is 4.83. The number of hydrogen-bond acceptors (Lipinski definition) is 3. The minimum atomic E-state index is -3.74. The van der Waals surface area contributed by atoms with Gasteiger partial charge in [-0.3, -0.25) is 0 Å². The first kappa shape index (κ1) is 18.1. The predicted octanol–water partition coefficient (Wildman–Crippen LogP) is 4.47. The van der Waals surface area contributed by atoms with Crippen LogP contribution in [0.2, 0.25) is 0 Å². The molecule has 0 unspecified atom stereocenters. The zero-order valence-electron chi connectivity index (χ0n) is 13.0. The molecular formula is C17H22F2O3. The van der Waals surface area contributed by atoms with Gasteiger partial charge in [0.25, 0.3) is 0 Å². The Labute approximate surface area is 129 Å². The van der Waals surface area contributed by atoms with Gasteiger partial charge in [0.05, 0.1) is 13.7 Å². The second-order valence-electron chi connectivity index (χ2n) is 4.98. The highest BCUT2D eigenvalue weighted by Gasteiger charge is 2.44. The quantitative estimate of drug-likeness (QED) is 0.498. The summed E-state index contributed by atoms with van der Waals surface area (Å²) in [4.78, 5) is 11.6. The fourth-order valence-electron chi connectivity index (χ4n) is 1.88. The normalized spacial score (nSPS) is 11.1. The SMILES string of the molecule is C=C(c1ccc(OC)cc1)C(F)(F)C(=O)OCCCCCC. The van der Waals surface area contributed by atoms with E-state index in [0.29, 0.717) is 12.2 Å². The molecule has 0 radical (unpaired) electrons. The fourth-order valence-corrected chi connectivity index (χ4v) is 1.88. The van der Waals surface area contributed by atoms with Gasteiger partial charge in [-0.2, -0.15) is 8.78 Å². The van der Waals surface area contributed by atoms with E-state index in [2.05, 4.69) is 11.3 Å². The van der Waals surface area contributed by atoms with Gasteiger partial charge >= 0.3 is 11.9 Å². The number of hydrogen-bond donors (Lipinski definition) is 0. The smallest absolute Gasteiger partial charge is 0.381 e. The highest BCUT2D eigenvalue weighted by Crippen LogP contribution is 2.33. The van der Waals surface area contributed by atoms with E-state index < -0.39 is 17.5 Å². The van der Waals surface area contributed by atoms with E-state index in [4.69, 9.17) is 4.74 Å². The van der Waals surface area contributed by atoms with Crippen molar-refractivity contribution in [3.63, 3.8) is 0 Å². The molecule has 0 fully saturated rings. The van der Waals surface area contributed by atoms with Crippen LogP contribution in [0, 0.1) is 0 Å². The molecule has 1 aromatic carbocycles. The Morgan fingerprint density at radius 1 is 1.18 bits per heavy atom. The van der Waals surface area contributed by atoms with Gasteiger partial charge in [0.2, 0.25) is 0 Å². The topological polar surface area (TPSA) is 35.5 Å². The number of esters is 1. The fraction of sp³-hybridized carbons (Fsp3) is 0.471. The summed E-state index contributed by atoms with van der Waals surface area (Å²) in [6.07, 6.45) is 3.46. The van der Waals surface area contributed by atoms with Crippen LogP contribution in [-0.2, 0) is 9.53 Å². The Kier molecular flexibility index (Phi) is 7.02. The Morgan fingerprint density at radius 2 is 1.82 bits per heavy atom. The average Bonchev–Trinajstić information content (AvgIpc) is 2.53. The lowest BCUT2D eigenvalue weighted by Crippen LogP contribution is -2.32. The number of alkyl halides is 2. The van der Waals surface area contributed by atoms with E-state index in [1.165, 1.54) is 31.4 Å². The molecular weight excluding hydrogens is 290 g/mol. The molecule has 1 aromatic rings. The van der Waals surface area contributed by atoms with Gasteiger partial charge in [-0.1, -0.05) is 44.9 Å². The minimum Gasteiger partial charge on any atom is -0.497 e. The van der Waals surface area contributed by atoms with Gasteiger partial charge in [0.1, 0.15) is 5.75 Å². The Hall–Kier alpha value is -1.91. The van der Waals surface area contributed by atoms with Crippen molar-refractivity contribution in [3.8, 4) is 5.75 Å². The van der Waals surface area contributed by atoms with E-state index in [-0.39, 0.29) is 12.2 Å². The molecule has 122 valence electrons. The molecule has 0 saturated carbocycles. The number of methoxy groups -OCH3 is 1. The molecule has 0 heterocycles. The third-order valence-electron chi connectivity index (χ3n) is 3.30. The molecule has 1 rings (SSSR count). The molecule has 0 saturated heterocycles. The summed E-state index contributed by atoms with van der Waals surface area (Å²) in [5, 5.41) is 0. The van der Waals surface area contributed by atoms with E-state index in [9.17, 15) is 13.6 Å². The summed E-state index contributed by atoms with van der Waals surface area (Å²) in [5.74, 6) is -4.75. The van der Waals surface area contributed by atoms with Gasteiger partial charge < -0.3 is 9.47 Å². The molecule has 22 heavy (non-hydrogen) atoms. The average molecular weight is 312 g/mol. The zero-order chi connectivity index (χ0) is 16.6. The van der Waals surface area contributed by atoms with Crippen molar-refractivity contribution in [2.75, 3.05) is 13.7 Å². The van der Waals surface area contributed by atoms with Gasteiger partial charge in [0.15, 0.2) is 0 Å². The lowest BCUT2D eigenvalue weighted by molar-refractivity contribution is -0.163. The molecule has 0 atom stereocenters. The second-order valence-corrected chi connectivity index (χ2v) is 4.98. The van der Waals surface area contributed by atoms with Crippen molar-refractivity contribution < 1.29 is 23.0 Å². The zero-order valence-corrected chi connectivity index (χ0v) is 13.0. The van der Waals surface area contributed by atoms with Crippen molar-refractivity contribution in [1.29, 1.82) is 0 Å². The number of ether oxygens (including phenoxy) is 2. The predicted molar refractivity (Wildman–Crippen MR) is 82.1 cm³/mol. The molecule has 0 amide bonds. The molecule has 0 N–H and O–H groups in total. The van der Waals surface area contributed by atoms with Crippen LogP contribution in [0.25, 0.3) is 5.57 Å². The number of benzene rings is 1. The lowest BCUT2D eigenvalue weighted by atomic mass is 10.0. The first-order valence-corrected chi connectivity index (χ1v) is 7.32. The summed E-state index contributed by atoms with van der Waals surface area (Å²) in [5.41, 5.74) is -0.401. The Balaban J connectivity index is 2.62. The molecule has 3 nitrogen and oxygen atoms in total. The van der Waals surface area contributed by atoms with Crippen LogP contribution in [0.5, 0.6) is 5.75 Å². The van der Waals surface area contributed by atoms with Crippen molar-refractivity contribution in [3.05, 3.63) is 36.4 Å². The summed E-state index contributed by atoms with van der Waals surface area (Å²) < 4.78 is 37.7. The number of carbonyl (C=O) groups is 1. The Bertz CT molecular complexity index is 495. The van der Waals surface area contributed by atoms with Crippen molar-refractivity contribution in [2.24, 2.45) is 0 Å². The maximum Gasteiger partial charge on any atom is 0.381 e. The number of unbranched alkanes of at least 4 members (excludes halogenated alkanes) is 3. The van der Waals surface area contributed by atoms with Crippen molar-refractivity contribution in [1.82, 2.24) is 0 Å². The van der Waals surface area contributed by atoms with Crippen LogP contribution < -0.4 is 4.74 Å². The lowest BCUT2D eigenvalue weighted by Gasteiger charge is -2.18. The molecule has 5 heteroatoms. The first-order valence-electron chi connectivity index (χ1n) is 7.32. The van der Waals surface area contributed by atoms with E-state index in [1.54, 1.807) is 0 Å². The standard InChI is InChI=1S/C17H22F2O3/c1-4-5-6-7-12-22-16(20)17(18,19)13(2)14-8-10-15(21-3)11-9-14/h8-11H,2,4-7,12H2,1,3H3. The summed E-state index contributed by atoms with van der Waals surface area (Å²) >= 11 is 0. The summed E-state index contributed by atoms with van der Waals surface area (Å²) in [6.45, 7) is 5.38. The largest absolute Gasteiger partial charge is 0.497 e. The summed E-state index contributed by atoms with van der Waals surface area (Å²) in [7, 11) is 1.48. The first-order chi connectivity index (χ1) is 10.4. The van der Waals surface area contributed by atoms with E-state index in [1.807, 2.05) is 6.92 Å². The van der Waals surface area contributed by atoms with Gasteiger partial charge in [-0.25, -0.2) is 4.79 Å². The second kappa shape index (κ2) is 8.51. The molecule has 0 aromatic heterocycles. The highest BCUT2D eigenvalue weighted by molar-refractivity contribution is 5.93. The molecule has 0 aliphatic carbocycles. The van der Waals surface area contributed by atoms with Crippen LogP contribution in [0.1, 0.15) is 38.2 Å². The van der Waals surface area contributed by atoms with Crippen LogP contribution in [0.3, 0.4) is 0 Å². The van der Waals surface area contributed by atoms with Crippen LogP contribution >= 0.6 is 0 Å². The maximum atomic E-state index is 14.0. The number of rotatable bonds is 9. The van der Waals surface area contributed by atoms with Crippen LogP contribution in [0.4, 0.5) is 8.78 Å². The van der Waals surface area contributed by atoms with Crippen molar-refractivity contribution >= 4 is 11.5 Å². The molecule has 0 spiro atoms. The monoisotopic (exact) mass is 312 g/mol. The number of halogens is 2. The third-order valence-corrected chi connectivity index (χ3v) is 3.30.